The maximum absolute atomic E-state index is 12.4. The van der Waals surface area contributed by atoms with Gasteiger partial charge in [-0.15, -0.1) is 0 Å². The van der Waals surface area contributed by atoms with E-state index in [-0.39, 0.29) is 23.4 Å². The van der Waals surface area contributed by atoms with Crippen molar-refractivity contribution in [2.75, 3.05) is 19.6 Å². The van der Waals surface area contributed by atoms with Crippen LogP contribution in [0.4, 0.5) is 0 Å². The van der Waals surface area contributed by atoms with Crippen molar-refractivity contribution < 1.29 is 39.0 Å². The Labute approximate surface area is 227 Å². The largest absolute Gasteiger partial charge is 0.790 e. The lowest BCUT2D eigenvalue weighted by molar-refractivity contribution is -0.337. The molecule has 39 heavy (non-hydrogen) atoms. The Hall–Kier alpha value is -2.31. The number of phosphoric acid groups is 1. The van der Waals surface area contributed by atoms with E-state index in [1.54, 1.807) is 4.90 Å². The third-order valence-corrected chi connectivity index (χ3v) is 7.65. The number of hydrogen-bond donors (Lipinski definition) is 7. The number of nitriles is 1. The van der Waals surface area contributed by atoms with E-state index in [4.69, 9.17) is 46.8 Å². The first-order valence-electron chi connectivity index (χ1n) is 13.0. The predicted octanol–water partition coefficient (Wildman–Crippen LogP) is -2.57. The van der Waals surface area contributed by atoms with Crippen molar-refractivity contribution in [1.29, 1.82) is 5.26 Å². The van der Waals surface area contributed by atoms with Crippen LogP contribution < -0.4 is 32.3 Å². The molecule has 1 heterocycles. The van der Waals surface area contributed by atoms with Crippen LogP contribution in [0.3, 0.4) is 0 Å². The average molecular weight is 574 g/mol. The van der Waals surface area contributed by atoms with Crippen LogP contribution in [0.15, 0.2) is 4.99 Å². The Bertz CT molecular complexity index is 958. The number of aliphatic hydroxyl groups is 1. The molecule has 5 aliphatic rings. The van der Waals surface area contributed by atoms with Crippen LogP contribution >= 0.6 is 7.82 Å². The summed E-state index contributed by atoms with van der Waals surface area (Å²) in [4.78, 5) is 52.3. The zero-order valence-corrected chi connectivity index (χ0v) is 22.8. The van der Waals surface area contributed by atoms with Crippen LogP contribution in [-0.4, -0.2) is 80.7 Å². The number of rotatable bonds is 8. The SMILES string of the molecule is N#C[C@@H]1CCCN1C(=O)CNC12CC3CC(CC(O)(C3)C1)C2.NC(N)=NCCC[C@H](N)C(=O)O.O=P([O-])([O-])O. The van der Waals surface area contributed by atoms with E-state index in [9.17, 15) is 14.7 Å². The third kappa shape index (κ3) is 11.0. The van der Waals surface area contributed by atoms with E-state index in [0.29, 0.717) is 44.3 Å². The first-order valence-corrected chi connectivity index (χ1v) is 14.5. The van der Waals surface area contributed by atoms with Gasteiger partial charge in [-0.2, -0.15) is 5.26 Å². The summed E-state index contributed by atoms with van der Waals surface area (Å²) in [7, 11) is -5.14. The fourth-order valence-corrected chi connectivity index (χ4v) is 6.63. The Kier molecular flexibility index (Phi) is 11.7. The molecule has 0 aromatic carbocycles. The number of hydrogen-bond acceptors (Lipinski definition) is 10. The summed E-state index contributed by atoms with van der Waals surface area (Å²) in [5.74, 6) is 0.297. The molecule has 0 spiro atoms. The zero-order chi connectivity index (χ0) is 29.4. The molecule has 1 amide bonds. The summed E-state index contributed by atoms with van der Waals surface area (Å²) in [6.45, 7) is 1.44. The molecule has 4 saturated carbocycles. The van der Waals surface area contributed by atoms with Crippen molar-refractivity contribution in [3.05, 3.63) is 0 Å². The van der Waals surface area contributed by atoms with Crippen molar-refractivity contribution in [3.8, 4) is 6.07 Å². The maximum atomic E-state index is 12.4. The fourth-order valence-electron chi connectivity index (χ4n) is 6.63. The molecule has 16 heteroatoms. The highest BCUT2D eigenvalue weighted by atomic mass is 31.2. The second-order valence-electron chi connectivity index (χ2n) is 11.1. The van der Waals surface area contributed by atoms with Crippen LogP contribution in [-0.2, 0) is 14.2 Å². The lowest BCUT2D eigenvalue weighted by atomic mass is 9.51. The van der Waals surface area contributed by atoms with Gasteiger partial charge >= 0.3 is 5.97 Å². The number of carboxylic acids is 1. The molecule has 0 radical (unpaired) electrons. The van der Waals surface area contributed by atoms with Gasteiger partial charge in [-0.25, -0.2) is 0 Å². The molecule has 0 aromatic heterocycles. The van der Waals surface area contributed by atoms with Crippen LogP contribution in [0.25, 0.3) is 0 Å². The van der Waals surface area contributed by atoms with Crippen LogP contribution in [0.5, 0.6) is 0 Å². The summed E-state index contributed by atoms with van der Waals surface area (Å²) < 4.78 is 8.66. The number of amides is 1. The highest BCUT2D eigenvalue weighted by molar-refractivity contribution is 7.42. The van der Waals surface area contributed by atoms with Gasteiger partial charge in [0.15, 0.2) is 5.96 Å². The smallest absolute Gasteiger partial charge is 0.320 e. The lowest BCUT2D eigenvalue weighted by Crippen LogP contribution is -2.65. The Morgan fingerprint density at radius 1 is 1.23 bits per heavy atom. The molecule has 0 aromatic rings. The minimum absolute atomic E-state index is 0.0129. The number of aliphatic imine (C=N–C) groups is 1. The van der Waals surface area contributed by atoms with Crippen molar-refractivity contribution in [3.63, 3.8) is 0 Å². The molecule has 15 nitrogen and oxygen atoms in total. The number of carboxylic acid groups (broad SMARTS) is 1. The monoisotopic (exact) mass is 573 g/mol. The molecule has 1 aliphatic heterocycles. The van der Waals surface area contributed by atoms with Gasteiger partial charge in [-0.3, -0.25) is 14.6 Å². The number of nitrogens with one attached hydrogen (secondary N) is 1. The van der Waals surface area contributed by atoms with Gasteiger partial charge in [0.25, 0.3) is 0 Å². The normalized spacial score (nSPS) is 31.2. The van der Waals surface area contributed by atoms with E-state index in [2.05, 4.69) is 16.4 Å². The van der Waals surface area contributed by atoms with Crippen LogP contribution in [0, 0.1) is 23.2 Å². The topological polar surface area (TPSA) is 288 Å². The average Bonchev–Trinajstić information content (AvgIpc) is 3.27. The van der Waals surface area contributed by atoms with E-state index in [1.165, 1.54) is 6.42 Å². The van der Waals surface area contributed by atoms with Gasteiger partial charge in [-0.1, -0.05) is 0 Å². The highest BCUT2D eigenvalue weighted by Crippen LogP contribution is 2.57. The van der Waals surface area contributed by atoms with Gasteiger partial charge in [-0.05, 0) is 76.0 Å². The summed E-state index contributed by atoms with van der Waals surface area (Å²) in [6.07, 6.45) is 8.83. The molecule has 1 saturated heterocycles. The molecule has 222 valence electrons. The minimum Gasteiger partial charge on any atom is -0.790 e. The van der Waals surface area contributed by atoms with Crippen molar-refractivity contribution in [2.24, 2.45) is 34.0 Å². The Morgan fingerprint density at radius 2 is 1.82 bits per heavy atom. The number of likely N-dealkylation sites (tertiary alicyclic amines) is 1. The predicted molar refractivity (Wildman–Crippen MR) is 136 cm³/mol. The maximum Gasteiger partial charge on any atom is 0.320 e. The van der Waals surface area contributed by atoms with Gasteiger partial charge in [0.05, 0.1) is 26.0 Å². The van der Waals surface area contributed by atoms with E-state index in [1.807, 2.05) is 0 Å². The molecular formula is C23H40N7O8P-2. The van der Waals surface area contributed by atoms with Crippen molar-refractivity contribution in [1.82, 2.24) is 10.2 Å². The van der Waals surface area contributed by atoms with E-state index < -0.39 is 25.4 Å². The number of carbonyl (C=O) groups excluding carboxylic acids is 1. The second-order valence-corrected chi connectivity index (χ2v) is 12.0. The second kappa shape index (κ2) is 13.8. The Morgan fingerprint density at radius 3 is 2.31 bits per heavy atom. The number of aliphatic carboxylic acids is 1. The van der Waals surface area contributed by atoms with E-state index in [0.717, 1.165) is 44.9 Å². The van der Waals surface area contributed by atoms with E-state index >= 15 is 0 Å². The number of guanidine groups is 1. The molecule has 4 bridgehead atoms. The standard InChI is InChI=1S/C17H25N3O2.C6H14N4O2.H3O4P/c18-9-14-2-1-3-20(14)15(21)10-19-16-5-12-4-13(6-16)8-17(22,7-12)11-16;7-4(5(11)12)2-1-3-10-6(8)9;1-5(2,3)4/h12-14,19,22H,1-8,10-11H2;4H,1-3,7H2,(H,11,12)(H4,8,9,10);(H3,1,2,3,4)/p-2/t12?,13?,14-,16?,17?;4-;/m00./s1. The molecule has 4 aliphatic carbocycles. The van der Waals surface area contributed by atoms with Crippen LogP contribution in [0.1, 0.15) is 64.2 Å². The van der Waals surface area contributed by atoms with Gasteiger partial charge < -0.3 is 56.9 Å². The minimum atomic E-state index is -5.14. The lowest BCUT2D eigenvalue weighted by Gasteiger charge is -2.60. The molecule has 5 fully saturated rings. The highest BCUT2D eigenvalue weighted by Gasteiger charge is 2.57. The molecule has 2 unspecified atom stereocenters. The number of nitrogens with two attached hydrogens (primary N) is 3. The summed E-state index contributed by atoms with van der Waals surface area (Å²) in [5.41, 5.74) is 14.8. The van der Waals surface area contributed by atoms with Gasteiger partial charge in [0, 0.05) is 18.6 Å². The third-order valence-electron chi connectivity index (χ3n) is 7.65. The first kappa shape index (κ1) is 32.9. The zero-order valence-electron chi connectivity index (χ0n) is 21.9. The van der Waals surface area contributed by atoms with Crippen molar-refractivity contribution >= 4 is 25.7 Å². The molecule has 4 atom stereocenters. The van der Waals surface area contributed by atoms with Crippen LogP contribution in [0.2, 0.25) is 0 Å². The summed E-state index contributed by atoms with van der Waals surface area (Å²) in [5, 5.41) is 31.8. The van der Waals surface area contributed by atoms with Gasteiger partial charge in [0.2, 0.25) is 5.91 Å². The summed E-state index contributed by atoms with van der Waals surface area (Å²) >= 11 is 0. The molecule has 5 rings (SSSR count). The molecular weight excluding hydrogens is 533 g/mol. The molecule has 10 N–H and O–H groups in total. The Balaban J connectivity index is 0.000000266. The number of nitrogens with zero attached hydrogens (tertiary/aromatic N) is 3. The number of carbonyl (C=O) groups is 2. The fraction of sp³-hybridized carbons (Fsp3) is 0.826. The van der Waals surface area contributed by atoms with Gasteiger partial charge in [0.1, 0.15) is 12.1 Å². The van der Waals surface area contributed by atoms with Crippen molar-refractivity contribution in [2.45, 2.75) is 87.4 Å². The quantitative estimate of drug-likeness (QED) is 0.0681. The first-order chi connectivity index (χ1) is 18.0. The summed E-state index contributed by atoms with van der Waals surface area (Å²) in [6, 6.07) is 1.17.